The van der Waals surface area contributed by atoms with Crippen LogP contribution in [0.25, 0.3) is 6.08 Å². The summed E-state index contributed by atoms with van der Waals surface area (Å²) in [5.74, 6) is -0.168. The number of hydrogen-bond acceptors (Lipinski definition) is 5. The van der Waals surface area contributed by atoms with Crippen molar-refractivity contribution in [2.24, 2.45) is 0 Å². The average Bonchev–Trinajstić information content (AvgIpc) is 2.80. The molecule has 7 nitrogen and oxygen atoms in total. The van der Waals surface area contributed by atoms with Crippen LogP contribution in [0, 0.1) is 0 Å². The summed E-state index contributed by atoms with van der Waals surface area (Å²) in [6.45, 7) is -1.27. The molecule has 0 aliphatic rings. The number of alkyl halides is 2. The van der Waals surface area contributed by atoms with E-state index in [0.717, 1.165) is 5.56 Å². The number of nitrogens with zero attached hydrogens (tertiary/aromatic N) is 1. The molecule has 1 unspecified atom stereocenters. The number of amides is 2. The Kier molecular flexibility index (Phi) is 9.65. The van der Waals surface area contributed by atoms with Gasteiger partial charge in [-0.25, -0.2) is 0 Å². The Morgan fingerprint density at radius 2 is 1.79 bits per heavy atom. The van der Waals surface area contributed by atoms with Gasteiger partial charge in [-0.2, -0.15) is 8.78 Å². The summed E-state index contributed by atoms with van der Waals surface area (Å²) in [4.78, 5) is 25.9. The van der Waals surface area contributed by atoms with E-state index in [1.54, 1.807) is 32.3 Å². The van der Waals surface area contributed by atoms with E-state index in [1.807, 2.05) is 19.1 Å². The summed E-state index contributed by atoms with van der Waals surface area (Å²) in [6, 6.07) is 11.4. The van der Waals surface area contributed by atoms with Gasteiger partial charge >= 0.3 is 6.61 Å². The SMILES string of the molecule is CCC(NC(=O)/C=C\c1cccc(OC)c1OC(F)F)c1ccccc1OCC(=O)N(C)C. The second-order valence-corrected chi connectivity index (χ2v) is 7.17. The summed E-state index contributed by atoms with van der Waals surface area (Å²) in [5.41, 5.74) is 0.986. The fourth-order valence-corrected chi connectivity index (χ4v) is 2.99. The van der Waals surface area contributed by atoms with E-state index in [4.69, 9.17) is 9.47 Å². The number of nitrogens with one attached hydrogen (secondary N) is 1. The number of carbonyl (C=O) groups excluding carboxylic acids is 2. The van der Waals surface area contributed by atoms with Crippen molar-refractivity contribution in [2.75, 3.05) is 27.8 Å². The van der Waals surface area contributed by atoms with Crippen molar-refractivity contribution in [3.63, 3.8) is 0 Å². The topological polar surface area (TPSA) is 77.1 Å². The van der Waals surface area contributed by atoms with E-state index in [9.17, 15) is 18.4 Å². The molecule has 178 valence electrons. The highest BCUT2D eigenvalue weighted by molar-refractivity contribution is 5.92. The minimum Gasteiger partial charge on any atom is -0.493 e. The van der Waals surface area contributed by atoms with Crippen LogP contribution in [-0.4, -0.2) is 51.1 Å². The second-order valence-electron chi connectivity index (χ2n) is 7.17. The predicted octanol–water partition coefficient (Wildman–Crippen LogP) is 4.04. The van der Waals surface area contributed by atoms with Crippen molar-refractivity contribution in [2.45, 2.75) is 26.0 Å². The summed E-state index contributed by atoms with van der Waals surface area (Å²) in [6.07, 6.45) is 3.16. The molecule has 0 heterocycles. The maximum absolute atomic E-state index is 12.8. The van der Waals surface area contributed by atoms with Gasteiger partial charge in [-0.3, -0.25) is 9.59 Å². The smallest absolute Gasteiger partial charge is 0.387 e. The van der Waals surface area contributed by atoms with E-state index >= 15 is 0 Å². The summed E-state index contributed by atoms with van der Waals surface area (Å²) < 4.78 is 40.9. The first-order valence-corrected chi connectivity index (χ1v) is 10.3. The molecule has 0 saturated heterocycles. The van der Waals surface area contributed by atoms with Crippen molar-refractivity contribution in [3.8, 4) is 17.2 Å². The molecule has 0 aliphatic carbocycles. The zero-order chi connectivity index (χ0) is 24.4. The molecule has 0 saturated carbocycles. The summed E-state index contributed by atoms with van der Waals surface area (Å²) >= 11 is 0. The van der Waals surface area contributed by atoms with Crippen LogP contribution in [0.4, 0.5) is 8.78 Å². The van der Waals surface area contributed by atoms with E-state index in [1.165, 1.54) is 36.3 Å². The van der Waals surface area contributed by atoms with Gasteiger partial charge in [-0.15, -0.1) is 0 Å². The highest BCUT2D eigenvalue weighted by atomic mass is 19.3. The maximum Gasteiger partial charge on any atom is 0.387 e. The van der Waals surface area contributed by atoms with Crippen LogP contribution in [0.15, 0.2) is 48.5 Å². The van der Waals surface area contributed by atoms with Gasteiger partial charge in [0.05, 0.1) is 13.2 Å². The van der Waals surface area contributed by atoms with Crippen LogP contribution in [0.1, 0.15) is 30.5 Å². The molecular formula is C24H28F2N2O5. The Bertz CT molecular complexity index is 979. The van der Waals surface area contributed by atoms with Crippen LogP contribution in [0.2, 0.25) is 0 Å². The molecule has 2 rings (SSSR count). The molecule has 2 aromatic rings. The third kappa shape index (κ3) is 7.48. The molecule has 1 N–H and O–H groups in total. The van der Waals surface area contributed by atoms with Crippen LogP contribution < -0.4 is 19.5 Å². The van der Waals surface area contributed by atoms with Crippen molar-refractivity contribution in [3.05, 3.63) is 59.7 Å². The number of rotatable bonds is 11. The number of para-hydroxylation sites is 2. The van der Waals surface area contributed by atoms with Gasteiger partial charge in [-0.1, -0.05) is 37.3 Å². The lowest BCUT2D eigenvalue weighted by atomic mass is 10.0. The van der Waals surface area contributed by atoms with Crippen LogP contribution in [0.3, 0.4) is 0 Å². The van der Waals surface area contributed by atoms with Crippen LogP contribution in [0.5, 0.6) is 17.2 Å². The van der Waals surface area contributed by atoms with Gasteiger partial charge in [0, 0.05) is 31.3 Å². The quantitative estimate of drug-likeness (QED) is 0.510. The zero-order valence-corrected chi connectivity index (χ0v) is 19.0. The Labute approximate surface area is 191 Å². The molecule has 2 amide bonds. The molecule has 0 spiro atoms. The monoisotopic (exact) mass is 462 g/mol. The Hall–Kier alpha value is -3.62. The first-order valence-electron chi connectivity index (χ1n) is 10.3. The molecule has 0 radical (unpaired) electrons. The van der Waals surface area contributed by atoms with Crippen LogP contribution in [-0.2, 0) is 9.59 Å². The molecule has 33 heavy (non-hydrogen) atoms. The Morgan fingerprint density at radius 1 is 1.09 bits per heavy atom. The van der Waals surface area contributed by atoms with Crippen molar-refractivity contribution in [1.82, 2.24) is 10.2 Å². The standard InChI is InChI=1S/C24H28F2N2O5/c1-5-18(17-10-6-7-11-19(17)32-15-22(30)28(2)3)27-21(29)14-13-16-9-8-12-20(31-4)23(16)33-24(25)26/h6-14,18,24H,5,15H2,1-4H3,(H,27,29)/b14-13-. The highest BCUT2D eigenvalue weighted by Gasteiger charge is 2.18. The number of halogens is 2. The molecule has 2 aromatic carbocycles. The van der Waals surface area contributed by atoms with Gasteiger partial charge in [0.15, 0.2) is 18.1 Å². The fraction of sp³-hybridized carbons (Fsp3) is 0.333. The van der Waals surface area contributed by atoms with Gasteiger partial charge in [0.1, 0.15) is 5.75 Å². The first-order chi connectivity index (χ1) is 15.8. The first kappa shape index (κ1) is 25.6. The van der Waals surface area contributed by atoms with E-state index < -0.39 is 18.6 Å². The number of methoxy groups -OCH3 is 1. The average molecular weight is 462 g/mol. The van der Waals surface area contributed by atoms with Crippen molar-refractivity contribution < 1.29 is 32.6 Å². The fourth-order valence-electron chi connectivity index (χ4n) is 2.99. The number of carbonyl (C=O) groups is 2. The Morgan fingerprint density at radius 3 is 2.42 bits per heavy atom. The van der Waals surface area contributed by atoms with E-state index in [2.05, 4.69) is 10.1 Å². The lowest BCUT2D eigenvalue weighted by Gasteiger charge is -2.20. The minimum absolute atomic E-state index is 0.127. The molecule has 0 bridgehead atoms. The third-order valence-corrected chi connectivity index (χ3v) is 4.72. The van der Waals surface area contributed by atoms with Gasteiger partial charge in [-0.05, 0) is 24.6 Å². The molecule has 1 atom stereocenters. The molecule has 9 heteroatoms. The Balaban J connectivity index is 2.17. The predicted molar refractivity (Wildman–Crippen MR) is 120 cm³/mol. The third-order valence-electron chi connectivity index (χ3n) is 4.72. The maximum atomic E-state index is 12.8. The van der Waals surface area contributed by atoms with Gasteiger partial charge < -0.3 is 24.4 Å². The minimum atomic E-state index is -3.04. The van der Waals surface area contributed by atoms with Crippen molar-refractivity contribution in [1.29, 1.82) is 0 Å². The van der Waals surface area contributed by atoms with Crippen molar-refractivity contribution >= 4 is 17.9 Å². The number of ether oxygens (including phenoxy) is 3. The highest BCUT2D eigenvalue weighted by Crippen LogP contribution is 2.33. The van der Waals surface area contributed by atoms with Gasteiger partial charge in [0.25, 0.3) is 5.91 Å². The van der Waals surface area contributed by atoms with E-state index in [-0.39, 0.29) is 29.6 Å². The van der Waals surface area contributed by atoms with Crippen LogP contribution >= 0.6 is 0 Å². The van der Waals surface area contributed by atoms with E-state index in [0.29, 0.717) is 12.2 Å². The second kappa shape index (κ2) is 12.4. The molecule has 0 aromatic heterocycles. The summed E-state index contributed by atoms with van der Waals surface area (Å²) in [7, 11) is 4.61. The van der Waals surface area contributed by atoms with Gasteiger partial charge in [0.2, 0.25) is 5.91 Å². The molecule has 0 fully saturated rings. The lowest BCUT2D eigenvalue weighted by Crippen LogP contribution is -2.29. The normalized spacial score (nSPS) is 11.8. The lowest BCUT2D eigenvalue weighted by molar-refractivity contribution is -0.130. The number of likely N-dealkylation sites (N-methyl/N-ethyl adjacent to an activating group) is 1. The largest absolute Gasteiger partial charge is 0.493 e. The molecular weight excluding hydrogens is 434 g/mol. The molecule has 0 aliphatic heterocycles. The number of hydrogen-bond donors (Lipinski definition) is 1. The zero-order valence-electron chi connectivity index (χ0n) is 19.0. The number of benzene rings is 2. The summed E-state index contributed by atoms with van der Waals surface area (Å²) in [5, 5.41) is 2.87.